The van der Waals surface area contributed by atoms with Gasteiger partial charge in [-0.1, -0.05) is 18.9 Å². The van der Waals surface area contributed by atoms with E-state index in [1.165, 1.54) is 24.8 Å². The highest BCUT2D eigenvalue weighted by molar-refractivity contribution is 5.38. The molecule has 0 heterocycles. The van der Waals surface area contributed by atoms with E-state index >= 15 is 0 Å². The molecule has 72 valence electrons. The van der Waals surface area contributed by atoms with Crippen molar-refractivity contribution < 1.29 is 4.74 Å². The van der Waals surface area contributed by atoms with E-state index < -0.39 is 0 Å². The van der Waals surface area contributed by atoms with Gasteiger partial charge in [-0.05, 0) is 43.3 Å². The summed E-state index contributed by atoms with van der Waals surface area (Å²) in [4.78, 5) is 0. The lowest BCUT2D eigenvalue weighted by atomic mass is 9.95. The molecular formula is C12H18O. The smallest absolute Gasteiger partial charge is 0.118 e. The summed E-state index contributed by atoms with van der Waals surface area (Å²) in [5, 5.41) is 0. The molecule has 2 atom stereocenters. The van der Waals surface area contributed by atoms with Crippen LogP contribution >= 0.6 is 0 Å². The summed E-state index contributed by atoms with van der Waals surface area (Å²) in [5.74, 6) is 2.82. The zero-order valence-corrected chi connectivity index (χ0v) is 8.76. The summed E-state index contributed by atoms with van der Waals surface area (Å²) in [7, 11) is 1.78. The molecule has 13 heavy (non-hydrogen) atoms. The zero-order chi connectivity index (χ0) is 9.42. The van der Waals surface area contributed by atoms with Gasteiger partial charge in [0.1, 0.15) is 5.76 Å². The minimum atomic E-state index is 0.821. The van der Waals surface area contributed by atoms with Gasteiger partial charge in [-0.25, -0.2) is 0 Å². The van der Waals surface area contributed by atoms with E-state index in [9.17, 15) is 0 Å². The molecule has 2 rings (SSSR count). The Labute approximate surface area is 80.5 Å². The maximum atomic E-state index is 5.38. The monoisotopic (exact) mass is 178 g/mol. The topological polar surface area (TPSA) is 9.23 Å². The molecule has 2 aliphatic carbocycles. The molecule has 2 unspecified atom stereocenters. The van der Waals surface area contributed by atoms with Crippen molar-refractivity contribution in [1.29, 1.82) is 0 Å². The number of hydrogen-bond donors (Lipinski definition) is 0. The van der Waals surface area contributed by atoms with E-state index in [4.69, 9.17) is 4.74 Å². The molecule has 1 saturated carbocycles. The molecule has 0 amide bonds. The van der Waals surface area contributed by atoms with E-state index in [1.807, 2.05) is 0 Å². The Morgan fingerprint density at radius 3 is 2.85 bits per heavy atom. The molecule has 1 heteroatoms. The van der Waals surface area contributed by atoms with Crippen molar-refractivity contribution in [1.82, 2.24) is 0 Å². The van der Waals surface area contributed by atoms with Gasteiger partial charge in [0.2, 0.25) is 0 Å². The van der Waals surface area contributed by atoms with Gasteiger partial charge in [0.05, 0.1) is 7.11 Å². The highest BCUT2D eigenvalue weighted by atomic mass is 16.5. The second kappa shape index (κ2) is 3.21. The third-order valence-corrected chi connectivity index (χ3v) is 3.29. The first-order valence-corrected chi connectivity index (χ1v) is 5.23. The van der Waals surface area contributed by atoms with E-state index in [1.54, 1.807) is 12.7 Å². The predicted molar refractivity (Wildman–Crippen MR) is 54.3 cm³/mol. The Hall–Kier alpha value is -0.720. The van der Waals surface area contributed by atoms with Gasteiger partial charge >= 0.3 is 0 Å². The molecule has 0 aromatic heterocycles. The fourth-order valence-electron chi connectivity index (χ4n) is 2.42. The Bertz CT molecular complexity index is 273. The second-order valence-electron chi connectivity index (χ2n) is 4.17. The second-order valence-corrected chi connectivity index (χ2v) is 4.17. The van der Waals surface area contributed by atoms with Crippen LogP contribution in [0.2, 0.25) is 0 Å². The molecule has 0 aromatic rings. The summed E-state index contributed by atoms with van der Waals surface area (Å²) < 4.78 is 5.38. The summed E-state index contributed by atoms with van der Waals surface area (Å²) in [6.07, 6.45) is 6.14. The maximum Gasteiger partial charge on any atom is 0.118 e. The van der Waals surface area contributed by atoms with Gasteiger partial charge < -0.3 is 4.74 Å². The van der Waals surface area contributed by atoms with Crippen LogP contribution in [0.15, 0.2) is 23.0 Å². The summed E-state index contributed by atoms with van der Waals surface area (Å²) in [6.45, 7) is 4.46. The maximum absolute atomic E-state index is 5.38. The fraction of sp³-hybridized carbons (Fsp3) is 0.667. The number of allylic oxidation sites excluding steroid dienone is 3. The fourth-order valence-corrected chi connectivity index (χ4v) is 2.42. The lowest BCUT2D eigenvalue weighted by Crippen LogP contribution is -2.02. The van der Waals surface area contributed by atoms with Crippen LogP contribution in [0.25, 0.3) is 0 Å². The Morgan fingerprint density at radius 2 is 2.23 bits per heavy atom. The minimum Gasteiger partial charge on any atom is -0.497 e. The molecule has 0 aliphatic heterocycles. The first kappa shape index (κ1) is 8.86. The zero-order valence-electron chi connectivity index (χ0n) is 8.76. The van der Waals surface area contributed by atoms with Crippen LogP contribution in [0.5, 0.6) is 0 Å². The van der Waals surface area contributed by atoms with Crippen molar-refractivity contribution in [3.05, 3.63) is 23.0 Å². The standard InChI is InChI=1S/C12H18O/c1-4-5-9-6-12(13-3)8(2)10-7-11(9)10/h6,10-11H,4-5,7H2,1-3H3. The average Bonchev–Trinajstić information content (AvgIpc) is 2.90. The highest BCUT2D eigenvalue weighted by Gasteiger charge is 2.43. The number of hydrogen-bond acceptors (Lipinski definition) is 1. The molecule has 0 saturated heterocycles. The third-order valence-electron chi connectivity index (χ3n) is 3.29. The number of methoxy groups -OCH3 is 1. The van der Waals surface area contributed by atoms with Crippen molar-refractivity contribution in [3.63, 3.8) is 0 Å². The van der Waals surface area contributed by atoms with E-state index in [2.05, 4.69) is 19.9 Å². The Kier molecular flexibility index (Phi) is 2.19. The van der Waals surface area contributed by atoms with Crippen LogP contribution in [0.4, 0.5) is 0 Å². The summed E-state index contributed by atoms with van der Waals surface area (Å²) >= 11 is 0. The van der Waals surface area contributed by atoms with E-state index in [0.29, 0.717) is 0 Å². The predicted octanol–water partition coefficient (Wildman–Crippen LogP) is 3.28. The van der Waals surface area contributed by atoms with Gasteiger partial charge in [-0.3, -0.25) is 0 Å². The molecule has 2 aliphatic rings. The molecule has 0 N–H and O–H groups in total. The SMILES string of the molecule is CCCC1=CC(OC)=C(C)C2CC12. The Morgan fingerprint density at radius 1 is 1.46 bits per heavy atom. The number of fused-ring (bicyclic) bond motifs is 1. The van der Waals surface area contributed by atoms with E-state index in [0.717, 1.165) is 17.6 Å². The van der Waals surface area contributed by atoms with Crippen molar-refractivity contribution >= 4 is 0 Å². The van der Waals surface area contributed by atoms with Crippen molar-refractivity contribution in [2.24, 2.45) is 11.8 Å². The lowest BCUT2D eigenvalue weighted by molar-refractivity contribution is 0.297. The van der Waals surface area contributed by atoms with Gasteiger partial charge in [-0.2, -0.15) is 0 Å². The third kappa shape index (κ3) is 1.41. The van der Waals surface area contributed by atoms with Crippen molar-refractivity contribution in [2.75, 3.05) is 7.11 Å². The molecule has 1 fully saturated rings. The largest absolute Gasteiger partial charge is 0.497 e. The van der Waals surface area contributed by atoms with Gasteiger partial charge in [-0.15, -0.1) is 0 Å². The Balaban J connectivity index is 2.21. The summed E-state index contributed by atoms with van der Waals surface area (Å²) in [5.41, 5.74) is 3.09. The lowest BCUT2D eigenvalue weighted by Gasteiger charge is -2.15. The van der Waals surface area contributed by atoms with Crippen LogP contribution < -0.4 is 0 Å². The molecule has 0 radical (unpaired) electrons. The number of rotatable bonds is 3. The van der Waals surface area contributed by atoms with Gasteiger partial charge in [0, 0.05) is 0 Å². The van der Waals surface area contributed by atoms with Crippen LogP contribution in [-0.4, -0.2) is 7.11 Å². The number of ether oxygens (including phenoxy) is 1. The first-order valence-electron chi connectivity index (χ1n) is 5.23. The van der Waals surface area contributed by atoms with Crippen LogP contribution in [-0.2, 0) is 4.74 Å². The quantitative estimate of drug-likeness (QED) is 0.644. The minimum absolute atomic E-state index is 0.821. The first-order chi connectivity index (χ1) is 6.27. The van der Waals surface area contributed by atoms with Crippen molar-refractivity contribution in [3.8, 4) is 0 Å². The van der Waals surface area contributed by atoms with Crippen LogP contribution in [0.3, 0.4) is 0 Å². The molecule has 1 nitrogen and oxygen atoms in total. The normalized spacial score (nSPS) is 31.2. The molecular weight excluding hydrogens is 160 g/mol. The van der Waals surface area contributed by atoms with Crippen LogP contribution in [0.1, 0.15) is 33.1 Å². The molecule has 0 aromatic carbocycles. The van der Waals surface area contributed by atoms with Gasteiger partial charge in [0.25, 0.3) is 0 Å². The molecule has 0 spiro atoms. The summed E-state index contributed by atoms with van der Waals surface area (Å²) in [6, 6.07) is 0. The van der Waals surface area contributed by atoms with Crippen molar-refractivity contribution in [2.45, 2.75) is 33.1 Å². The highest BCUT2D eigenvalue weighted by Crippen LogP contribution is 2.53. The average molecular weight is 178 g/mol. The van der Waals surface area contributed by atoms with E-state index in [-0.39, 0.29) is 0 Å². The van der Waals surface area contributed by atoms with Crippen LogP contribution in [0, 0.1) is 11.8 Å². The van der Waals surface area contributed by atoms with Gasteiger partial charge in [0.15, 0.2) is 0 Å². The molecule has 0 bridgehead atoms.